The monoisotopic (exact) mass is 130 g/mol. The van der Waals surface area contributed by atoms with Crippen molar-refractivity contribution in [3.63, 3.8) is 0 Å². The highest BCUT2D eigenvalue weighted by Crippen LogP contribution is 1.98. The molecule has 0 saturated heterocycles. The maximum atomic E-state index is 9.79. The first-order valence-electron chi connectivity index (χ1n) is 3.36. The lowest BCUT2D eigenvalue weighted by atomic mass is 10.2. The average molecular weight is 130 g/mol. The molecule has 54 valence electrons. The minimum absolute atomic E-state index is 0.236. The summed E-state index contributed by atoms with van der Waals surface area (Å²) in [6.45, 7) is 4.31. The lowest BCUT2D eigenvalue weighted by Crippen LogP contribution is -2.08. The van der Waals surface area contributed by atoms with Gasteiger partial charge in [-0.3, -0.25) is 0 Å². The molecule has 0 aliphatic rings. The van der Waals surface area contributed by atoms with Crippen LogP contribution in [0.25, 0.3) is 0 Å². The van der Waals surface area contributed by atoms with Crippen molar-refractivity contribution < 1.29 is 9.53 Å². The molecule has 1 unspecified atom stereocenters. The van der Waals surface area contributed by atoms with Gasteiger partial charge in [0.25, 0.3) is 0 Å². The molecule has 9 heavy (non-hydrogen) atoms. The Hall–Kier alpha value is -0.370. The minimum atomic E-state index is 0.236. The van der Waals surface area contributed by atoms with Gasteiger partial charge in [-0.2, -0.15) is 0 Å². The lowest BCUT2D eigenvalue weighted by molar-refractivity contribution is -0.113. The molecular formula is C7H14O2. The summed E-state index contributed by atoms with van der Waals surface area (Å²) in [5.74, 6) is 0. The van der Waals surface area contributed by atoms with Crippen LogP contribution in [0.2, 0.25) is 0 Å². The quantitative estimate of drug-likeness (QED) is 0.526. The van der Waals surface area contributed by atoms with Crippen LogP contribution in [0, 0.1) is 0 Å². The molecule has 0 bridgehead atoms. The Balaban J connectivity index is 3.04. The molecule has 0 saturated carbocycles. The average Bonchev–Trinajstić information content (AvgIpc) is 1.85. The number of hydrogen-bond acceptors (Lipinski definition) is 2. The molecule has 0 rings (SSSR count). The third kappa shape index (κ3) is 5.50. The summed E-state index contributed by atoms with van der Waals surface area (Å²) >= 11 is 0. The van der Waals surface area contributed by atoms with E-state index in [1.807, 2.05) is 6.92 Å². The zero-order valence-corrected chi connectivity index (χ0v) is 6.09. The van der Waals surface area contributed by atoms with E-state index in [-0.39, 0.29) is 12.7 Å². The van der Waals surface area contributed by atoms with Crippen molar-refractivity contribution in [2.75, 3.05) is 6.61 Å². The molecule has 0 radical (unpaired) electrons. The van der Waals surface area contributed by atoms with Crippen molar-refractivity contribution in [1.82, 2.24) is 0 Å². The molecule has 0 heterocycles. The van der Waals surface area contributed by atoms with Gasteiger partial charge in [0.2, 0.25) is 0 Å². The highest BCUT2D eigenvalue weighted by molar-refractivity contribution is 5.50. The summed E-state index contributed by atoms with van der Waals surface area (Å²) in [5, 5.41) is 0. The van der Waals surface area contributed by atoms with E-state index in [0.29, 0.717) is 0 Å². The van der Waals surface area contributed by atoms with Crippen molar-refractivity contribution >= 4 is 6.29 Å². The fourth-order valence-electron chi connectivity index (χ4n) is 0.693. The summed E-state index contributed by atoms with van der Waals surface area (Å²) in [6, 6.07) is 0. The van der Waals surface area contributed by atoms with E-state index in [1.54, 1.807) is 0 Å². The molecule has 0 fully saturated rings. The fourth-order valence-corrected chi connectivity index (χ4v) is 0.693. The standard InChI is InChI=1S/C7H14O2/c1-3-4-7(2)9-6-5-8/h5,7H,3-4,6H2,1-2H3. The summed E-state index contributed by atoms with van der Waals surface area (Å²) in [6.07, 6.45) is 3.17. The maximum absolute atomic E-state index is 9.79. The molecule has 2 heteroatoms. The summed E-state index contributed by atoms with van der Waals surface area (Å²) in [5.41, 5.74) is 0. The van der Waals surface area contributed by atoms with E-state index in [0.717, 1.165) is 19.1 Å². The largest absolute Gasteiger partial charge is 0.371 e. The number of aldehydes is 1. The smallest absolute Gasteiger partial charge is 0.145 e. The topological polar surface area (TPSA) is 26.3 Å². The second-order valence-electron chi connectivity index (χ2n) is 2.10. The van der Waals surface area contributed by atoms with Gasteiger partial charge in [-0.15, -0.1) is 0 Å². The minimum Gasteiger partial charge on any atom is -0.371 e. The second-order valence-corrected chi connectivity index (χ2v) is 2.10. The van der Waals surface area contributed by atoms with Gasteiger partial charge in [-0.05, 0) is 13.3 Å². The molecular weight excluding hydrogens is 116 g/mol. The predicted octanol–water partition coefficient (Wildman–Crippen LogP) is 1.39. The SMILES string of the molecule is CCCC(C)OCC=O. The maximum Gasteiger partial charge on any atom is 0.145 e. The van der Waals surface area contributed by atoms with Gasteiger partial charge < -0.3 is 9.53 Å². The van der Waals surface area contributed by atoms with Crippen LogP contribution in [0.1, 0.15) is 26.7 Å². The lowest BCUT2D eigenvalue weighted by Gasteiger charge is -2.07. The van der Waals surface area contributed by atoms with Crippen LogP contribution >= 0.6 is 0 Å². The van der Waals surface area contributed by atoms with Crippen LogP contribution < -0.4 is 0 Å². The van der Waals surface area contributed by atoms with Crippen molar-refractivity contribution in [3.8, 4) is 0 Å². The van der Waals surface area contributed by atoms with E-state index < -0.39 is 0 Å². The summed E-state index contributed by atoms with van der Waals surface area (Å²) in [4.78, 5) is 9.79. The number of carbonyl (C=O) groups excluding carboxylic acids is 1. The number of hydrogen-bond donors (Lipinski definition) is 0. The van der Waals surface area contributed by atoms with Gasteiger partial charge in [0.15, 0.2) is 0 Å². The van der Waals surface area contributed by atoms with Crippen LogP contribution in [0.5, 0.6) is 0 Å². The van der Waals surface area contributed by atoms with E-state index in [2.05, 4.69) is 6.92 Å². The Kier molecular flexibility index (Phi) is 5.52. The van der Waals surface area contributed by atoms with Gasteiger partial charge >= 0.3 is 0 Å². The molecule has 0 spiro atoms. The predicted molar refractivity (Wildman–Crippen MR) is 36.4 cm³/mol. The molecule has 0 amide bonds. The molecule has 0 N–H and O–H groups in total. The zero-order valence-electron chi connectivity index (χ0n) is 6.09. The first-order valence-corrected chi connectivity index (χ1v) is 3.36. The zero-order chi connectivity index (χ0) is 7.11. The van der Waals surface area contributed by atoms with Gasteiger partial charge in [0.1, 0.15) is 12.9 Å². The van der Waals surface area contributed by atoms with Crippen molar-refractivity contribution in [3.05, 3.63) is 0 Å². The van der Waals surface area contributed by atoms with Gasteiger partial charge in [0, 0.05) is 0 Å². The van der Waals surface area contributed by atoms with E-state index in [9.17, 15) is 4.79 Å². The van der Waals surface area contributed by atoms with E-state index >= 15 is 0 Å². The molecule has 0 aromatic carbocycles. The van der Waals surface area contributed by atoms with Crippen LogP contribution in [0.4, 0.5) is 0 Å². The Labute approximate surface area is 56.2 Å². The Morgan fingerprint density at radius 1 is 1.67 bits per heavy atom. The van der Waals surface area contributed by atoms with E-state index in [1.165, 1.54) is 0 Å². The van der Waals surface area contributed by atoms with Gasteiger partial charge in [-0.25, -0.2) is 0 Å². The second kappa shape index (κ2) is 5.76. The van der Waals surface area contributed by atoms with Crippen LogP contribution in [0.15, 0.2) is 0 Å². The summed E-state index contributed by atoms with van der Waals surface area (Å²) < 4.78 is 5.06. The fraction of sp³-hybridized carbons (Fsp3) is 0.857. The van der Waals surface area contributed by atoms with E-state index in [4.69, 9.17) is 4.74 Å². The first-order chi connectivity index (χ1) is 4.31. The van der Waals surface area contributed by atoms with Crippen molar-refractivity contribution in [1.29, 1.82) is 0 Å². The molecule has 0 aliphatic heterocycles. The molecule has 1 atom stereocenters. The van der Waals surface area contributed by atoms with Crippen molar-refractivity contribution in [2.45, 2.75) is 32.8 Å². The number of ether oxygens (including phenoxy) is 1. The first kappa shape index (κ1) is 8.63. The molecule has 2 nitrogen and oxygen atoms in total. The highest BCUT2D eigenvalue weighted by Gasteiger charge is 1.97. The van der Waals surface area contributed by atoms with Gasteiger partial charge in [-0.1, -0.05) is 13.3 Å². The molecule has 0 aliphatic carbocycles. The number of carbonyl (C=O) groups is 1. The van der Waals surface area contributed by atoms with Crippen LogP contribution in [0.3, 0.4) is 0 Å². The third-order valence-electron chi connectivity index (χ3n) is 1.14. The third-order valence-corrected chi connectivity index (χ3v) is 1.14. The molecule has 0 aromatic rings. The Morgan fingerprint density at radius 2 is 2.33 bits per heavy atom. The highest BCUT2D eigenvalue weighted by atomic mass is 16.5. The Bertz CT molecular complexity index is 71.3. The Morgan fingerprint density at radius 3 is 2.78 bits per heavy atom. The van der Waals surface area contributed by atoms with Crippen LogP contribution in [-0.2, 0) is 9.53 Å². The normalized spacial score (nSPS) is 13.1. The van der Waals surface area contributed by atoms with Crippen molar-refractivity contribution in [2.24, 2.45) is 0 Å². The van der Waals surface area contributed by atoms with Crippen LogP contribution in [-0.4, -0.2) is 19.0 Å². The number of rotatable bonds is 5. The van der Waals surface area contributed by atoms with Gasteiger partial charge in [0.05, 0.1) is 6.10 Å². The summed E-state index contributed by atoms with van der Waals surface area (Å²) in [7, 11) is 0. The molecule has 0 aromatic heterocycles.